The van der Waals surface area contributed by atoms with Gasteiger partial charge in [-0.2, -0.15) is 0 Å². The van der Waals surface area contributed by atoms with Gasteiger partial charge in [-0.25, -0.2) is 0 Å². The van der Waals surface area contributed by atoms with E-state index in [1.807, 2.05) is 68.4 Å². The molecule has 76 heavy (non-hydrogen) atoms. The topological polar surface area (TPSA) is 319 Å². The maximum atomic E-state index is 15.0. The van der Waals surface area contributed by atoms with Crippen LogP contribution in [0.4, 0.5) is 0 Å². The Morgan fingerprint density at radius 1 is 0.737 bits per heavy atom. The van der Waals surface area contributed by atoms with Gasteiger partial charge in [0.25, 0.3) is 0 Å². The summed E-state index contributed by atoms with van der Waals surface area (Å²) in [5.41, 5.74) is 8.71. The summed E-state index contributed by atoms with van der Waals surface area (Å²) in [5.74, 6) is -10.4. The Bertz CT molecular complexity index is 2600. The lowest BCUT2D eigenvalue weighted by molar-refractivity contribution is -0.147. The molecule has 0 saturated carbocycles. The Hall–Kier alpha value is -6.10. The lowest BCUT2D eigenvalue weighted by atomic mass is 9.88. The zero-order valence-corrected chi connectivity index (χ0v) is 45.0. The van der Waals surface area contributed by atoms with Gasteiger partial charge in [0.1, 0.15) is 17.8 Å². The molecule has 4 aromatic rings. The second kappa shape index (κ2) is 30.0. The SMILES string of the molecule is CC(C)N[C@H](Cc1ccccc1)C(=O)C[C@H]1CSSC[C@@H](C(=O)C[C@H](C(=O)O)C(C)O)NC(=O)[C@H](C(C)O)NC(=O)[C@H](CCCCN)NC(=O)[C@@H](Cc2c[nH]c3ccccc23)CC(=O)[C@H](Cc2ccc(O)cc2)NC1=O. The summed E-state index contributed by atoms with van der Waals surface area (Å²) in [6.45, 7) is 6.50. The highest BCUT2D eigenvalue weighted by atomic mass is 33.1. The fourth-order valence-corrected chi connectivity index (χ4v) is 11.5. The molecule has 1 aromatic heterocycles. The van der Waals surface area contributed by atoms with Crippen molar-refractivity contribution in [1.82, 2.24) is 31.6 Å². The predicted molar refractivity (Wildman–Crippen MR) is 292 cm³/mol. The molecule has 0 radical (unpaired) electrons. The number of aliphatic carboxylic acids is 1. The van der Waals surface area contributed by atoms with Crippen LogP contribution in [0.5, 0.6) is 5.75 Å². The molecule has 4 amide bonds. The largest absolute Gasteiger partial charge is 0.508 e. The number of benzene rings is 3. The van der Waals surface area contributed by atoms with E-state index in [9.17, 15) is 54.0 Å². The van der Waals surface area contributed by atoms with Gasteiger partial charge in [-0.1, -0.05) is 96.1 Å². The van der Waals surface area contributed by atoms with Gasteiger partial charge in [0.2, 0.25) is 23.6 Å². The van der Waals surface area contributed by atoms with E-state index in [4.69, 9.17) is 5.73 Å². The zero-order chi connectivity index (χ0) is 55.5. The van der Waals surface area contributed by atoms with E-state index in [-0.39, 0.29) is 61.3 Å². The van der Waals surface area contributed by atoms with Crippen LogP contribution in [-0.2, 0) is 57.6 Å². The highest BCUT2D eigenvalue weighted by molar-refractivity contribution is 8.76. The minimum atomic E-state index is -1.70. The van der Waals surface area contributed by atoms with Crippen molar-refractivity contribution in [3.63, 3.8) is 0 Å². The number of nitrogens with two attached hydrogens (primary N) is 1. The number of aliphatic hydroxyl groups is 2. The van der Waals surface area contributed by atoms with Crippen molar-refractivity contribution in [2.24, 2.45) is 23.5 Å². The highest BCUT2D eigenvalue weighted by Crippen LogP contribution is 2.29. The fourth-order valence-electron chi connectivity index (χ4n) is 9.00. The number of H-pyrrole nitrogens is 1. The van der Waals surface area contributed by atoms with Gasteiger partial charge in [-0.3, -0.25) is 38.4 Å². The molecule has 0 bridgehead atoms. The molecule has 1 aliphatic heterocycles. The first-order valence-corrected chi connectivity index (χ1v) is 28.2. The van der Waals surface area contributed by atoms with Crippen molar-refractivity contribution in [1.29, 1.82) is 0 Å². The van der Waals surface area contributed by atoms with Crippen LogP contribution in [-0.4, -0.2) is 139 Å². The predicted octanol–water partition coefficient (Wildman–Crippen LogP) is 3.30. The molecule has 21 heteroatoms. The highest BCUT2D eigenvalue weighted by Gasteiger charge is 2.38. The third-order valence-corrected chi connectivity index (χ3v) is 15.8. The third-order valence-electron chi connectivity index (χ3n) is 13.3. The number of aromatic nitrogens is 1. The van der Waals surface area contributed by atoms with Gasteiger partial charge >= 0.3 is 5.97 Å². The fraction of sp³-hybridized carbons (Fsp3) is 0.491. The van der Waals surface area contributed by atoms with E-state index in [1.54, 1.807) is 18.3 Å². The van der Waals surface area contributed by atoms with E-state index >= 15 is 4.79 Å². The summed E-state index contributed by atoms with van der Waals surface area (Å²) < 4.78 is 0. The smallest absolute Gasteiger partial charge is 0.309 e. The number of fused-ring (bicyclic) bond motifs is 1. The van der Waals surface area contributed by atoms with Crippen LogP contribution in [0.1, 0.15) is 82.9 Å². The molecule has 1 aliphatic rings. The first-order chi connectivity index (χ1) is 36.2. The average Bonchev–Trinajstić information content (AvgIpc) is 3.79. The number of phenols is 1. The second-order valence-electron chi connectivity index (χ2n) is 19.9. The van der Waals surface area contributed by atoms with Crippen molar-refractivity contribution in [2.45, 2.75) is 134 Å². The Labute approximate surface area is 450 Å². The van der Waals surface area contributed by atoms with E-state index < -0.39 is 114 Å². The van der Waals surface area contributed by atoms with E-state index in [0.717, 1.165) is 38.1 Å². The Kier molecular flexibility index (Phi) is 24.0. The molecular weight excluding hydrogens is 1010 g/mol. The van der Waals surface area contributed by atoms with Crippen molar-refractivity contribution < 1.29 is 58.8 Å². The molecule has 10 atom stereocenters. The molecule has 19 nitrogen and oxygen atoms in total. The summed E-state index contributed by atoms with van der Waals surface area (Å²) in [6.07, 6.45) is -1.65. The minimum absolute atomic E-state index is 0.00115. The van der Waals surface area contributed by atoms with Crippen LogP contribution < -0.4 is 32.3 Å². The van der Waals surface area contributed by atoms with Crippen molar-refractivity contribution >= 4 is 79.4 Å². The van der Waals surface area contributed by atoms with E-state index in [2.05, 4.69) is 31.6 Å². The molecule has 3 aromatic carbocycles. The first kappa shape index (κ1) is 60.8. The summed E-state index contributed by atoms with van der Waals surface area (Å²) in [4.78, 5) is 117. The summed E-state index contributed by atoms with van der Waals surface area (Å²) in [6, 6.07) is 16.2. The monoisotopic (exact) mass is 1090 g/mol. The Morgan fingerprint density at radius 3 is 2.05 bits per heavy atom. The number of carbonyl (C=O) groups excluding carboxylic acids is 7. The number of rotatable bonds is 21. The molecule has 1 saturated heterocycles. The number of nitrogens with one attached hydrogen (secondary N) is 6. The van der Waals surface area contributed by atoms with Gasteiger partial charge in [0.15, 0.2) is 17.3 Å². The number of ketones is 3. The molecule has 2 heterocycles. The van der Waals surface area contributed by atoms with Crippen LogP contribution in [0.3, 0.4) is 0 Å². The number of hydrogen-bond donors (Lipinski definition) is 11. The minimum Gasteiger partial charge on any atom is -0.508 e. The average molecular weight is 1090 g/mol. The number of amides is 4. The molecule has 1 fully saturated rings. The van der Waals surface area contributed by atoms with E-state index in [0.29, 0.717) is 30.4 Å². The number of carboxylic acid groups (broad SMARTS) is 1. The van der Waals surface area contributed by atoms with Crippen LogP contribution in [0.25, 0.3) is 10.9 Å². The molecule has 0 spiro atoms. The molecule has 2 unspecified atom stereocenters. The standard InChI is InChI=1S/C55H73N7O12S2/c1-31(2)58-44(22-34-12-6-5-7-13-34)48(67)26-38-29-75-76-30-46(49(68)27-41(32(3)63)55(73)74)61-54(72)50(33(4)64)62-53(71)43(16-10-11-21-56)59-51(69)36(24-37-28-57-42-15-9-8-14-40(37)42)25-47(66)45(60-52(38)70)23-35-17-19-39(65)20-18-35/h5-9,12-15,17-20,28,31-33,36,38,41,43-46,50,57-58,63-65H,10-11,16,21-27,29-30,56H2,1-4H3,(H,59,69)(H,60,70)(H,61,72)(H,62,71)(H,73,74)/t32?,33?,36-,38-,41-,43-,44+,45-,46-,50-/m0/s1. The number of unbranched alkanes of at least 4 members (excludes halogenated alkanes) is 1. The lowest BCUT2D eigenvalue weighted by Gasteiger charge is -2.28. The summed E-state index contributed by atoms with van der Waals surface area (Å²) in [7, 11) is 2.12. The van der Waals surface area contributed by atoms with Crippen LogP contribution >= 0.6 is 21.6 Å². The summed E-state index contributed by atoms with van der Waals surface area (Å²) in [5, 5.41) is 56.2. The molecule has 12 N–H and O–H groups in total. The van der Waals surface area contributed by atoms with Gasteiger partial charge < -0.3 is 57.7 Å². The number of Topliss-reactive ketones (excluding diaryl/α,β-unsaturated/α-hetero) is 3. The molecule has 5 rings (SSSR count). The lowest BCUT2D eigenvalue weighted by Crippen LogP contribution is -2.59. The van der Waals surface area contributed by atoms with Gasteiger partial charge in [-0.15, -0.1) is 0 Å². The van der Waals surface area contributed by atoms with Gasteiger partial charge in [0, 0.05) is 59.8 Å². The van der Waals surface area contributed by atoms with Crippen LogP contribution in [0.15, 0.2) is 85.1 Å². The molecule has 412 valence electrons. The van der Waals surface area contributed by atoms with Crippen molar-refractivity contribution in [3.8, 4) is 5.75 Å². The van der Waals surface area contributed by atoms with Gasteiger partial charge in [0.05, 0.1) is 42.2 Å². The Balaban J connectivity index is 1.61. The van der Waals surface area contributed by atoms with Crippen LogP contribution in [0, 0.1) is 17.8 Å². The number of aliphatic hydroxyl groups excluding tert-OH is 2. The number of carbonyl (C=O) groups is 8. The normalized spacial score (nSPS) is 22.3. The maximum absolute atomic E-state index is 15.0. The van der Waals surface area contributed by atoms with E-state index in [1.165, 1.54) is 26.0 Å². The summed E-state index contributed by atoms with van der Waals surface area (Å²) >= 11 is 0. The van der Waals surface area contributed by atoms with Crippen molar-refractivity contribution in [2.75, 3.05) is 18.1 Å². The number of carboxylic acids is 1. The second-order valence-corrected chi connectivity index (χ2v) is 22.4. The molecular formula is C55H73N7O12S2. The van der Waals surface area contributed by atoms with Crippen molar-refractivity contribution in [3.05, 3.63) is 102 Å². The number of phenolic OH excluding ortho intramolecular Hbond substituents is 1. The number of aromatic amines is 1. The Morgan fingerprint density at radius 2 is 1.39 bits per heavy atom. The van der Waals surface area contributed by atoms with Crippen LogP contribution in [0.2, 0.25) is 0 Å². The third kappa shape index (κ3) is 18.6. The quantitative estimate of drug-likeness (QED) is 0.0421. The number of hydrogen-bond acceptors (Lipinski definition) is 15. The number of para-hydroxylation sites is 1. The zero-order valence-electron chi connectivity index (χ0n) is 43.4. The molecule has 0 aliphatic carbocycles. The van der Waals surface area contributed by atoms with Gasteiger partial charge in [-0.05, 0) is 93.8 Å². The maximum Gasteiger partial charge on any atom is 0.309 e. The first-order valence-electron chi connectivity index (χ1n) is 25.7. The number of aromatic hydroxyl groups is 1.